The molecule has 0 unspecified atom stereocenters. The van der Waals surface area contributed by atoms with Crippen molar-refractivity contribution < 1.29 is 50.3 Å². The summed E-state index contributed by atoms with van der Waals surface area (Å²) in [5, 5.41) is 16.1. The maximum Gasteiger partial charge on any atom is 0.333 e. The predicted octanol–water partition coefficient (Wildman–Crippen LogP) is 5.60. The maximum atomic E-state index is 13.9. The van der Waals surface area contributed by atoms with Gasteiger partial charge in [-0.15, -0.1) is 0 Å². The first-order valence-corrected chi connectivity index (χ1v) is 30.6. The lowest BCUT2D eigenvalue weighted by molar-refractivity contribution is -0.134. The highest BCUT2D eigenvalue weighted by Gasteiger charge is 2.45. The van der Waals surface area contributed by atoms with Crippen molar-refractivity contribution in [2.45, 2.75) is 139 Å². The van der Waals surface area contributed by atoms with Gasteiger partial charge in [0.2, 0.25) is 5.91 Å². The van der Waals surface area contributed by atoms with E-state index in [2.05, 4.69) is 41.7 Å². The molecule has 6 aliphatic rings. The Morgan fingerprint density at radius 3 is 1.93 bits per heavy atom. The molecule has 4 heterocycles. The number of sulfonamides is 2. The second-order valence-corrected chi connectivity index (χ2v) is 25.4. The molecule has 5 aromatic rings. The van der Waals surface area contributed by atoms with Gasteiger partial charge in [0, 0.05) is 67.0 Å². The van der Waals surface area contributed by atoms with Crippen molar-refractivity contribution in [1.82, 2.24) is 44.1 Å². The molecule has 3 aromatic carbocycles. The Labute approximate surface area is 469 Å². The fraction of sp³-hybridized carbons (Fsp3) is 0.439. The van der Waals surface area contributed by atoms with E-state index in [4.69, 9.17) is 4.74 Å². The molecule has 2 aliphatic heterocycles. The number of nitrogens with zero attached hydrogens (tertiary/aromatic N) is 6. The lowest BCUT2D eigenvalue weighted by atomic mass is 9.77. The molecule has 9 amide bonds. The summed E-state index contributed by atoms with van der Waals surface area (Å²) in [5.74, 6) is -0.838. The van der Waals surface area contributed by atoms with Crippen molar-refractivity contribution in [2.24, 2.45) is 7.05 Å². The molecule has 0 fully saturated rings. The third-order valence-electron chi connectivity index (χ3n) is 16.9. The molecule has 81 heavy (non-hydrogen) atoms. The Kier molecular flexibility index (Phi) is 14.4. The van der Waals surface area contributed by atoms with Crippen molar-refractivity contribution >= 4 is 67.2 Å². The summed E-state index contributed by atoms with van der Waals surface area (Å²) in [5.41, 5.74) is 12.5. The number of nitrogens with one attached hydrogen (secondary N) is 5. The maximum absolute atomic E-state index is 13.9. The third kappa shape index (κ3) is 10.1. The van der Waals surface area contributed by atoms with Gasteiger partial charge in [-0.1, -0.05) is 19.1 Å². The highest BCUT2D eigenvalue weighted by molar-refractivity contribution is 7.90. The molecule has 0 atom stereocenters. The van der Waals surface area contributed by atoms with Crippen LogP contribution in [-0.4, -0.2) is 109 Å². The summed E-state index contributed by atoms with van der Waals surface area (Å²) in [6.45, 7) is 5.37. The van der Waals surface area contributed by atoms with Gasteiger partial charge in [0.05, 0.1) is 25.6 Å². The van der Waals surface area contributed by atoms with Gasteiger partial charge in [-0.3, -0.25) is 33.5 Å². The van der Waals surface area contributed by atoms with E-state index in [9.17, 15) is 45.6 Å². The first kappa shape index (κ1) is 55.1. The second kappa shape index (κ2) is 21.2. The van der Waals surface area contributed by atoms with Crippen LogP contribution < -0.4 is 30.1 Å². The quantitative estimate of drug-likeness (QED) is 0.0753. The van der Waals surface area contributed by atoms with Crippen LogP contribution in [0.1, 0.15) is 125 Å². The molecule has 4 aliphatic carbocycles. The number of carbonyl (C=O) groups excluding carboxylic acids is 6. The Morgan fingerprint density at radius 1 is 0.704 bits per heavy atom. The van der Waals surface area contributed by atoms with E-state index in [1.54, 1.807) is 39.1 Å². The number of hydrogen-bond donors (Lipinski definition) is 5. The van der Waals surface area contributed by atoms with Gasteiger partial charge in [0.25, 0.3) is 31.9 Å². The number of imide groups is 2. The standard InChI is InChI=1S/C57H65N11O11S2/c1-6-37-34(31-68(51(37)69)56(74)58-23-21-35-29-48(61-65(35)4)81(77,78)64-54(72)59-49-38-13-7-11-32(38)27-33-12-8-14-39(33)49)28-44-40-15-9-17-42(40)50(43-18-10-16-41(43)44)60-55(73)63-80(75,76)47-22-24-66(62-47)25-26-67-52(70)45-30-36(79-5)19-20-46(45)57(2,3)53(67)71/h19-20,22,24,27,29-30H,6-18,21,23,25-26,28,31H2,1-5H3,(H,58,74)(H2,59,64,72)(H2,60,63,73). The molecule has 24 heteroatoms. The number of methoxy groups -OCH3 is 1. The summed E-state index contributed by atoms with van der Waals surface area (Å²) < 4.78 is 66.3. The van der Waals surface area contributed by atoms with Gasteiger partial charge in [-0.2, -0.15) is 27.0 Å². The minimum Gasteiger partial charge on any atom is -0.497 e. The molecule has 22 nitrogen and oxygen atoms in total. The molecule has 2 aromatic heterocycles. The monoisotopic (exact) mass is 1140 g/mol. The predicted molar refractivity (Wildman–Crippen MR) is 297 cm³/mol. The molecule has 0 saturated heterocycles. The Bertz CT molecular complexity index is 3730. The molecule has 0 spiro atoms. The smallest absolute Gasteiger partial charge is 0.333 e. The van der Waals surface area contributed by atoms with E-state index in [0.717, 1.165) is 106 Å². The Morgan fingerprint density at radius 2 is 1.30 bits per heavy atom. The van der Waals surface area contributed by atoms with E-state index in [1.807, 2.05) is 6.92 Å². The first-order chi connectivity index (χ1) is 38.7. The van der Waals surface area contributed by atoms with Crippen LogP contribution in [0.2, 0.25) is 0 Å². The number of hydrogen-bond acceptors (Lipinski definition) is 13. The molecule has 0 bridgehead atoms. The zero-order valence-corrected chi connectivity index (χ0v) is 47.6. The van der Waals surface area contributed by atoms with Gasteiger partial charge in [-0.25, -0.2) is 23.8 Å². The number of fused-ring (bicyclic) bond motifs is 5. The topological polar surface area (TPSA) is 282 Å². The average Bonchev–Trinajstić information content (AvgIpc) is 4.01. The van der Waals surface area contributed by atoms with Crippen LogP contribution in [0.25, 0.3) is 0 Å². The lowest BCUT2D eigenvalue weighted by Gasteiger charge is -2.37. The van der Waals surface area contributed by atoms with Crippen LogP contribution >= 0.6 is 0 Å². The van der Waals surface area contributed by atoms with Crippen molar-refractivity contribution in [1.29, 1.82) is 0 Å². The molecule has 11 rings (SSSR count). The highest BCUT2D eigenvalue weighted by Crippen LogP contribution is 2.44. The van der Waals surface area contributed by atoms with Crippen LogP contribution in [0.15, 0.2) is 63.8 Å². The summed E-state index contributed by atoms with van der Waals surface area (Å²) >= 11 is 0. The minimum absolute atomic E-state index is 0.0123. The Hall–Kier alpha value is -7.86. The summed E-state index contributed by atoms with van der Waals surface area (Å²) in [4.78, 5) is 83.9. The van der Waals surface area contributed by atoms with Crippen LogP contribution in [0.4, 0.5) is 25.8 Å². The van der Waals surface area contributed by atoms with Crippen molar-refractivity contribution in [3.63, 3.8) is 0 Å². The normalized spacial score (nSPS) is 17.0. The van der Waals surface area contributed by atoms with E-state index in [0.29, 0.717) is 72.4 Å². The van der Waals surface area contributed by atoms with Crippen molar-refractivity contribution in [2.75, 3.05) is 37.4 Å². The van der Waals surface area contributed by atoms with Crippen LogP contribution in [0.3, 0.4) is 0 Å². The summed E-state index contributed by atoms with van der Waals surface area (Å²) in [6, 6.07) is 7.40. The van der Waals surface area contributed by atoms with Gasteiger partial charge in [0.1, 0.15) is 5.75 Å². The number of rotatable bonds is 16. The van der Waals surface area contributed by atoms with Gasteiger partial charge in [-0.05, 0) is 183 Å². The number of anilines is 2. The van der Waals surface area contributed by atoms with Gasteiger partial charge >= 0.3 is 18.1 Å². The van der Waals surface area contributed by atoms with Gasteiger partial charge in [0.15, 0.2) is 10.1 Å². The molecular weight excluding hydrogens is 1080 g/mol. The fourth-order valence-electron chi connectivity index (χ4n) is 13.0. The Balaban J connectivity index is 0.707. The number of amides is 9. The zero-order valence-electron chi connectivity index (χ0n) is 46.0. The molecule has 5 N–H and O–H groups in total. The first-order valence-electron chi connectivity index (χ1n) is 27.6. The lowest BCUT2D eigenvalue weighted by Crippen LogP contribution is -2.52. The van der Waals surface area contributed by atoms with Crippen molar-refractivity contribution in [3.05, 3.63) is 121 Å². The zero-order chi connectivity index (χ0) is 57.3. The van der Waals surface area contributed by atoms with E-state index in [1.165, 1.54) is 50.8 Å². The summed E-state index contributed by atoms with van der Waals surface area (Å²) in [6.07, 6.45) is 12.1. The van der Waals surface area contributed by atoms with E-state index in [-0.39, 0.29) is 37.6 Å². The average molecular weight is 1140 g/mol. The SMILES string of the molecule is CCC1=C(Cc2c3c(c(NC(=O)NS(=O)(=O)c4ccn(CCN5C(=O)c6cc(OC)ccc6C(C)(C)C5=O)n4)c4c2CCC4)CCC3)CN(C(=O)NCCc2cc(S(=O)(=O)NC(=O)Nc3c4c(cc5c3CCC5)CCC4)nn2C)C1=O. The number of ether oxygens (including phenoxy) is 1. The van der Waals surface area contributed by atoms with E-state index < -0.39 is 66.3 Å². The minimum atomic E-state index is -4.48. The number of aromatic nitrogens is 4. The largest absolute Gasteiger partial charge is 0.497 e. The van der Waals surface area contributed by atoms with Gasteiger partial charge < -0.3 is 20.7 Å². The number of benzene rings is 3. The number of aryl methyl sites for hydroxylation is 3. The summed E-state index contributed by atoms with van der Waals surface area (Å²) in [7, 11) is -5.78. The van der Waals surface area contributed by atoms with Crippen LogP contribution in [0, 0.1) is 0 Å². The molecular formula is C57H65N11O11S2. The molecule has 0 radical (unpaired) electrons. The molecule has 426 valence electrons. The second-order valence-electron chi connectivity index (χ2n) is 22.1. The van der Waals surface area contributed by atoms with E-state index >= 15 is 0 Å². The van der Waals surface area contributed by atoms with Crippen LogP contribution in [0.5, 0.6) is 5.75 Å². The molecule has 0 saturated carbocycles. The fourth-order valence-corrected chi connectivity index (χ4v) is 14.7. The third-order valence-corrected chi connectivity index (χ3v) is 19.4. The highest BCUT2D eigenvalue weighted by atomic mass is 32.2. The van der Waals surface area contributed by atoms with Crippen LogP contribution in [-0.2, 0) is 113 Å². The number of carbonyl (C=O) groups is 6. The van der Waals surface area contributed by atoms with Crippen molar-refractivity contribution in [3.8, 4) is 5.75 Å². The number of urea groups is 3.